The summed E-state index contributed by atoms with van der Waals surface area (Å²) in [5.41, 5.74) is 2.39. The van der Waals surface area contributed by atoms with Gasteiger partial charge in [0.1, 0.15) is 0 Å². The van der Waals surface area contributed by atoms with E-state index in [4.69, 9.17) is 5.26 Å². The topological polar surface area (TPSA) is 61.2 Å². The minimum atomic E-state index is -3.49. The van der Waals surface area contributed by atoms with Crippen molar-refractivity contribution in [3.63, 3.8) is 0 Å². The summed E-state index contributed by atoms with van der Waals surface area (Å²) in [6.07, 6.45) is 0. The summed E-state index contributed by atoms with van der Waals surface area (Å²) in [4.78, 5) is 0.278. The van der Waals surface area contributed by atoms with Crippen LogP contribution in [-0.2, 0) is 10.0 Å². The van der Waals surface area contributed by atoms with E-state index in [-0.39, 0.29) is 11.4 Å². The zero-order valence-corrected chi connectivity index (χ0v) is 11.2. The molecule has 1 aromatic rings. The van der Waals surface area contributed by atoms with Gasteiger partial charge in [-0.15, -0.1) is 0 Å². The molecule has 0 fully saturated rings. The Labute approximate surface area is 107 Å². The van der Waals surface area contributed by atoms with Crippen LogP contribution in [0.3, 0.4) is 0 Å². The molecule has 0 saturated heterocycles. The zero-order valence-electron chi connectivity index (χ0n) is 10.3. The smallest absolute Gasteiger partial charge is 0.207 e. The molecule has 2 rings (SSSR count). The maximum Gasteiger partial charge on any atom is 0.243 e. The van der Waals surface area contributed by atoms with Crippen molar-refractivity contribution in [2.24, 2.45) is 0 Å². The van der Waals surface area contributed by atoms with Gasteiger partial charge in [-0.3, -0.25) is 0 Å². The fraction of sp³-hybridized carbons (Fsp3) is 0.308. The quantitative estimate of drug-likeness (QED) is 0.817. The number of aryl methyl sites for hydroxylation is 1. The van der Waals surface area contributed by atoms with E-state index in [0.717, 1.165) is 11.1 Å². The summed E-state index contributed by atoms with van der Waals surface area (Å²) >= 11 is 0. The normalized spacial score (nSPS) is 16.9. The van der Waals surface area contributed by atoms with Crippen LogP contribution >= 0.6 is 0 Å². The van der Waals surface area contributed by atoms with Crippen molar-refractivity contribution in [2.75, 3.05) is 13.1 Å². The molecule has 0 bridgehead atoms. The van der Waals surface area contributed by atoms with Crippen LogP contribution in [-0.4, -0.2) is 25.8 Å². The second kappa shape index (κ2) is 4.56. The van der Waals surface area contributed by atoms with Crippen molar-refractivity contribution in [1.29, 1.82) is 5.26 Å². The van der Waals surface area contributed by atoms with E-state index < -0.39 is 10.0 Å². The molecule has 0 aromatic heterocycles. The monoisotopic (exact) mass is 262 g/mol. The molecule has 1 heterocycles. The highest BCUT2D eigenvalue weighted by Gasteiger charge is 2.30. The van der Waals surface area contributed by atoms with Crippen molar-refractivity contribution in [3.8, 4) is 6.07 Å². The van der Waals surface area contributed by atoms with Gasteiger partial charge < -0.3 is 0 Å². The first-order valence-corrected chi connectivity index (χ1v) is 7.04. The van der Waals surface area contributed by atoms with Crippen LogP contribution in [0.15, 0.2) is 40.3 Å². The molecule has 0 radical (unpaired) electrons. The third-order valence-corrected chi connectivity index (χ3v) is 4.86. The molecule has 1 aliphatic rings. The number of hydrogen-bond acceptors (Lipinski definition) is 3. The molecule has 0 saturated carbocycles. The summed E-state index contributed by atoms with van der Waals surface area (Å²) in [6, 6.07) is 8.80. The Balaban J connectivity index is 2.30. The Kier molecular flexibility index (Phi) is 3.24. The molecule has 0 aliphatic carbocycles. The third-order valence-electron chi connectivity index (χ3n) is 3.06. The first-order valence-electron chi connectivity index (χ1n) is 5.60. The maximum absolute atomic E-state index is 12.3. The van der Waals surface area contributed by atoms with E-state index in [0.29, 0.717) is 12.1 Å². The van der Waals surface area contributed by atoms with Gasteiger partial charge in [0.25, 0.3) is 0 Å². The van der Waals surface area contributed by atoms with Gasteiger partial charge in [0.2, 0.25) is 10.0 Å². The number of sulfonamides is 1. The van der Waals surface area contributed by atoms with Gasteiger partial charge in [-0.2, -0.15) is 9.57 Å². The lowest BCUT2D eigenvalue weighted by Gasteiger charge is -2.16. The molecule has 5 heteroatoms. The molecule has 4 nitrogen and oxygen atoms in total. The lowest BCUT2D eigenvalue weighted by atomic mass is 10.2. The van der Waals surface area contributed by atoms with Gasteiger partial charge >= 0.3 is 0 Å². The standard InChI is InChI=1S/C13H14N2O2S/c1-10-3-5-13(6-4-10)18(16,17)15-8-11(2)12(7-14)9-15/h3-6H,8-9H2,1-2H3. The second-order valence-corrected chi connectivity index (χ2v) is 6.39. The van der Waals surface area contributed by atoms with Gasteiger partial charge in [0.05, 0.1) is 11.0 Å². The molecule has 94 valence electrons. The van der Waals surface area contributed by atoms with Crippen LogP contribution in [0.25, 0.3) is 0 Å². The second-order valence-electron chi connectivity index (χ2n) is 4.46. The van der Waals surface area contributed by atoms with Gasteiger partial charge in [0.15, 0.2) is 0 Å². The average molecular weight is 262 g/mol. The number of benzene rings is 1. The fourth-order valence-corrected chi connectivity index (χ4v) is 3.33. The molecule has 0 spiro atoms. The van der Waals surface area contributed by atoms with E-state index in [1.54, 1.807) is 31.2 Å². The van der Waals surface area contributed by atoms with E-state index in [1.165, 1.54) is 4.31 Å². The summed E-state index contributed by atoms with van der Waals surface area (Å²) < 4.78 is 26.0. The summed E-state index contributed by atoms with van der Waals surface area (Å²) in [5, 5.41) is 8.90. The number of nitrogens with zero attached hydrogens (tertiary/aromatic N) is 2. The maximum atomic E-state index is 12.3. The van der Waals surface area contributed by atoms with Crippen molar-refractivity contribution in [2.45, 2.75) is 18.7 Å². The molecule has 0 N–H and O–H groups in total. The molecule has 1 aliphatic heterocycles. The van der Waals surface area contributed by atoms with E-state index >= 15 is 0 Å². The molecule has 0 amide bonds. The SMILES string of the molecule is CC1=C(C#N)CN(S(=O)(=O)c2ccc(C)cc2)C1. The van der Waals surface area contributed by atoms with Crippen LogP contribution in [0, 0.1) is 18.3 Å². The third kappa shape index (κ3) is 2.17. The summed E-state index contributed by atoms with van der Waals surface area (Å²) in [5.74, 6) is 0. The van der Waals surface area contributed by atoms with E-state index in [1.807, 2.05) is 13.0 Å². The Morgan fingerprint density at radius 3 is 2.28 bits per heavy atom. The Hall–Kier alpha value is -1.64. The first-order chi connectivity index (χ1) is 8.45. The largest absolute Gasteiger partial charge is 0.243 e. The number of hydrogen-bond donors (Lipinski definition) is 0. The Morgan fingerprint density at radius 2 is 1.78 bits per heavy atom. The number of rotatable bonds is 2. The molecular formula is C13H14N2O2S. The Bertz CT molecular complexity index is 637. The van der Waals surface area contributed by atoms with Crippen molar-refractivity contribution in [1.82, 2.24) is 4.31 Å². The van der Waals surface area contributed by atoms with Crippen LogP contribution < -0.4 is 0 Å². The fourth-order valence-electron chi connectivity index (χ4n) is 1.89. The predicted octanol–water partition coefficient (Wildman–Crippen LogP) is 1.84. The van der Waals surface area contributed by atoms with Crippen LogP contribution in [0.1, 0.15) is 12.5 Å². The lowest BCUT2D eigenvalue weighted by Crippen LogP contribution is -2.29. The van der Waals surface area contributed by atoms with Crippen LogP contribution in [0.5, 0.6) is 0 Å². The average Bonchev–Trinajstić information content (AvgIpc) is 2.72. The van der Waals surface area contributed by atoms with Crippen LogP contribution in [0.2, 0.25) is 0 Å². The highest BCUT2D eigenvalue weighted by Crippen LogP contribution is 2.24. The molecule has 18 heavy (non-hydrogen) atoms. The minimum absolute atomic E-state index is 0.179. The highest BCUT2D eigenvalue weighted by atomic mass is 32.2. The van der Waals surface area contributed by atoms with Crippen molar-refractivity contribution in [3.05, 3.63) is 41.0 Å². The van der Waals surface area contributed by atoms with Crippen LogP contribution in [0.4, 0.5) is 0 Å². The van der Waals surface area contributed by atoms with Gasteiger partial charge in [-0.1, -0.05) is 17.7 Å². The van der Waals surface area contributed by atoms with Crippen molar-refractivity contribution >= 4 is 10.0 Å². The van der Waals surface area contributed by atoms with E-state index in [2.05, 4.69) is 0 Å². The van der Waals surface area contributed by atoms with Gasteiger partial charge in [-0.05, 0) is 31.6 Å². The van der Waals surface area contributed by atoms with E-state index in [9.17, 15) is 8.42 Å². The molecule has 0 atom stereocenters. The predicted molar refractivity (Wildman–Crippen MR) is 68.3 cm³/mol. The summed E-state index contributed by atoms with van der Waals surface area (Å²) in [7, 11) is -3.49. The molecular weight excluding hydrogens is 248 g/mol. The van der Waals surface area contributed by atoms with Crippen molar-refractivity contribution < 1.29 is 8.42 Å². The minimum Gasteiger partial charge on any atom is -0.207 e. The Morgan fingerprint density at radius 1 is 1.17 bits per heavy atom. The highest BCUT2D eigenvalue weighted by molar-refractivity contribution is 7.89. The summed E-state index contributed by atoms with van der Waals surface area (Å²) in [6.45, 7) is 4.19. The van der Waals surface area contributed by atoms with Gasteiger partial charge in [-0.25, -0.2) is 8.42 Å². The lowest BCUT2D eigenvalue weighted by molar-refractivity contribution is 0.482. The number of nitriles is 1. The first kappa shape index (κ1) is 12.8. The van der Waals surface area contributed by atoms with Gasteiger partial charge in [0, 0.05) is 18.7 Å². The zero-order chi connectivity index (χ0) is 13.3. The molecule has 1 aromatic carbocycles. The molecule has 0 unspecified atom stereocenters.